The summed E-state index contributed by atoms with van der Waals surface area (Å²) in [5.41, 5.74) is 2.29. The zero-order valence-corrected chi connectivity index (χ0v) is 13.8. The maximum atomic E-state index is 6.34. The van der Waals surface area contributed by atoms with E-state index in [1.54, 1.807) is 0 Å². The lowest BCUT2D eigenvalue weighted by Gasteiger charge is -2.26. The van der Waals surface area contributed by atoms with Crippen molar-refractivity contribution in [3.63, 3.8) is 0 Å². The molecule has 1 heterocycles. The van der Waals surface area contributed by atoms with Crippen molar-refractivity contribution >= 4 is 22.6 Å². The molecule has 1 aromatic heterocycles. The van der Waals surface area contributed by atoms with Gasteiger partial charge in [-0.3, -0.25) is 0 Å². The number of para-hydroxylation sites is 2. The van der Waals surface area contributed by atoms with Crippen LogP contribution >= 0.6 is 11.6 Å². The van der Waals surface area contributed by atoms with Gasteiger partial charge in [0.15, 0.2) is 0 Å². The van der Waals surface area contributed by atoms with Crippen molar-refractivity contribution < 1.29 is 0 Å². The fourth-order valence-electron chi connectivity index (χ4n) is 3.56. The van der Waals surface area contributed by atoms with E-state index < -0.39 is 0 Å². The number of fused-ring (bicyclic) bond motifs is 1. The van der Waals surface area contributed by atoms with Crippen molar-refractivity contribution in [1.29, 1.82) is 0 Å². The van der Waals surface area contributed by atoms with Crippen LogP contribution in [0, 0.1) is 11.8 Å². The highest BCUT2D eigenvalue weighted by molar-refractivity contribution is 6.20. The maximum absolute atomic E-state index is 6.34. The molecule has 0 amide bonds. The summed E-state index contributed by atoms with van der Waals surface area (Å²) in [5, 5.41) is -0.0382. The van der Waals surface area contributed by atoms with Crippen molar-refractivity contribution in [3.05, 3.63) is 30.1 Å². The van der Waals surface area contributed by atoms with E-state index >= 15 is 0 Å². The first-order valence-corrected chi connectivity index (χ1v) is 8.68. The number of halogens is 1. The molecule has 0 radical (unpaired) electrons. The maximum Gasteiger partial charge on any atom is 0.127 e. The molecule has 1 aromatic carbocycles. The number of alkyl halides is 1. The van der Waals surface area contributed by atoms with Crippen molar-refractivity contribution in [3.8, 4) is 0 Å². The number of rotatable bonds is 4. The van der Waals surface area contributed by atoms with Crippen LogP contribution in [0.15, 0.2) is 24.3 Å². The van der Waals surface area contributed by atoms with Crippen LogP contribution in [0.4, 0.5) is 0 Å². The minimum atomic E-state index is -0.0382. The fraction of sp³-hybridized carbons (Fsp3) is 0.611. The van der Waals surface area contributed by atoms with Gasteiger partial charge in [0.1, 0.15) is 5.82 Å². The van der Waals surface area contributed by atoms with Crippen LogP contribution in [0.25, 0.3) is 11.0 Å². The van der Waals surface area contributed by atoms with E-state index in [0.717, 1.165) is 29.7 Å². The van der Waals surface area contributed by atoms with Crippen molar-refractivity contribution in [2.45, 2.75) is 57.9 Å². The molecule has 1 atom stereocenters. The number of hydrogen-bond donors (Lipinski definition) is 0. The van der Waals surface area contributed by atoms with Gasteiger partial charge in [-0.25, -0.2) is 4.98 Å². The summed E-state index contributed by atoms with van der Waals surface area (Å²) in [6.45, 7) is 5.44. The highest BCUT2D eigenvalue weighted by atomic mass is 35.5. The Morgan fingerprint density at radius 1 is 1.24 bits per heavy atom. The average molecular weight is 305 g/mol. The first kappa shape index (κ1) is 14.9. The second kappa shape index (κ2) is 6.39. The standard InChI is InChI=1S/C18H25ClN2/c1-13-7-9-15(10-8-13)11-12-21-17-6-4-3-5-16(17)20-18(21)14(2)19/h3-6,13-15H,7-12H2,1-2H3. The minimum Gasteiger partial charge on any atom is -0.327 e. The average Bonchev–Trinajstić information content (AvgIpc) is 2.86. The second-order valence-electron chi connectivity index (χ2n) is 6.64. The predicted octanol–water partition coefficient (Wildman–Crippen LogP) is 5.55. The quantitative estimate of drug-likeness (QED) is 0.677. The Kier molecular flexibility index (Phi) is 4.54. The molecule has 0 N–H and O–H groups in total. The normalized spacial score (nSPS) is 24.3. The lowest BCUT2D eigenvalue weighted by atomic mass is 9.81. The minimum absolute atomic E-state index is 0.0382. The Balaban J connectivity index is 1.77. The molecule has 114 valence electrons. The van der Waals surface area contributed by atoms with Gasteiger partial charge in [-0.1, -0.05) is 44.7 Å². The highest BCUT2D eigenvalue weighted by Crippen LogP contribution is 2.32. The van der Waals surface area contributed by atoms with E-state index in [1.165, 1.54) is 37.6 Å². The number of aryl methyl sites for hydroxylation is 1. The first-order valence-electron chi connectivity index (χ1n) is 8.24. The third kappa shape index (κ3) is 3.26. The van der Waals surface area contributed by atoms with E-state index in [1.807, 2.05) is 13.0 Å². The summed E-state index contributed by atoms with van der Waals surface area (Å²) in [5.74, 6) is 2.82. The summed E-state index contributed by atoms with van der Waals surface area (Å²) in [7, 11) is 0. The molecular formula is C18H25ClN2. The molecule has 1 aliphatic carbocycles. The summed E-state index contributed by atoms with van der Waals surface area (Å²) in [6.07, 6.45) is 6.82. The van der Waals surface area contributed by atoms with Crippen LogP contribution in [0.2, 0.25) is 0 Å². The van der Waals surface area contributed by atoms with E-state index in [2.05, 4.69) is 29.7 Å². The zero-order chi connectivity index (χ0) is 14.8. The molecule has 2 aromatic rings. The van der Waals surface area contributed by atoms with Crippen molar-refractivity contribution in [2.24, 2.45) is 11.8 Å². The molecule has 1 fully saturated rings. The molecular weight excluding hydrogens is 280 g/mol. The third-order valence-electron chi connectivity index (χ3n) is 4.94. The number of nitrogens with zero attached hydrogens (tertiary/aromatic N) is 2. The summed E-state index contributed by atoms with van der Waals surface area (Å²) < 4.78 is 2.34. The Hall–Kier alpha value is -1.02. The number of benzene rings is 1. The number of aromatic nitrogens is 2. The third-order valence-corrected chi connectivity index (χ3v) is 5.13. The van der Waals surface area contributed by atoms with Gasteiger partial charge in [-0.15, -0.1) is 11.6 Å². The molecule has 1 saturated carbocycles. The highest BCUT2D eigenvalue weighted by Gasteiger charge is 2.20. The molecule has 0 saturated heterocycles. The lowest BCUT2D eigenvalue weighted by molar-refractivity contribution is 0.269. The summed E-state index contributed by atoms with van der Waals surface area (Å²) >= 11 is 6.34. The molecule has 3 rings (SSSR count). The van der Waals surface area contributed by atoms with Crippen LogP contribution in [-0.2, 0) is 6.54 Å². The topological polar surface area (TPSA) is 17.8 Å². The van der Waals surface area contributed by atoms with E-state index in [4.69, 9.17) is 16.6 Å². The Bertz CT molecular complexity index is 594. The van der Waals surface area contributed by atoms with Gasteiger partial charge in [0.2, 0.25) is 0 Å². The van der Waals surface area contributed by atoms with Crippen LogP contribution in [0.5, 0.6) is 0 Å². The second-order valence-corrected chi connectivity index (χ2v) is 7.30. The zero-order valence-electron chi connectivity index (χ0n) is 13.1. The van der Waals surface area contributed by atoms with Gasteiger partial charge in [0.05, 0.1) is 16.4 Å². The van der Waals surface area contributed by atoms with Gasteiger partial charge in [-0.2, -0.15) is 0 Å². The van der Waals surface area contributed by atoms with Gasteiger partial charge in [0.25, 0.3) is 0 Å². The van der Waals surface area contributed by atoms with Gasteiger partial charge in [-0.05, 0) is 37.3 Å². The molecule has 1 aliphatic rings. The monoisotopic (exact) mass is 304 g/mol. The number of hydrogen-bond acceptors (Lipinski definition) is 1. The molecule has 0 aliphatic heterocycles. The van der Waals surface area contributed by atoms with Crippen molar-refractivity contribution in [1.82, 2.24) is 9.55 Å². The summed E-state index contributed by atoms with van der Waals surface area (Å²) in [4.78, 5) is 4.72. The molecule has 0 bridgehead atoms. The lowest BCUT2D eigenvalue weighted by Crippen LogP contribution is -2.15. The first-order chi connectivity index (χ1) is 10.1. The predicted molar refractivity (Wildman–Crippen MR) is 89.7 cm³/mol. The molecule has 2 nitrogen and oxygen atoms in total. The van der Waals surface area contributed by atoms with Crippen LogP contribution in [0.1, 0.15) is 57.2 Å². The van der Waals surface area contributed by atoms with Crippen LogP contribution in [-0.4, -0.2) is 9.55 Å². The Labute approximate surface area is 132 Å². The van der Waals surface area contributed by atoms with Crippen molar-refractivity contribution in [2.75, 3.05) is 0 Å². The Morgan fingerprint density at radius 2 is 1.95 bits per heavy atom. The van der Waals surface area contributed by atoms with E-state index in [0.29, 0.717) is 0 Å². The summed E-state index contributed by atoms with van der Waals surface area (Å²) in [6, 6.07) is 8.38. The van der Waals surface area contributed by atoms with Gasteiger partial charge < -0.3 is 4.57 Å². The van der Waals surface area contributed by atoms with E-state index in [-0.39, 0.29) is 5.38 Å². The molecule has 0 spiro atoms. The SMILES string of the molecule is CC1CCC(CCn2c(C(C)Cl)nc3ccccc32)CC1. The van der Waals surface area contributed by atoms with Crippen LogP contribution in [0.3, 0.4) is 0 Å². The molecule has 3 heteroatoms. The van der Waals surface area contributed by atoms with E-state index in [9.17, 15) is 0 Å². The smallest absolute Gasteiger partial charge is 0.127 e. The van der Waals surface area contributed by atoms with Gasteiger partial charge in [0, 0.05) is 6.54 Å². The molecule has 21 heavy (non-hydrogen) atoms. The largest absolute Gasteiger partial charge is 0.327 e. The fourth-order valence-corrected chi connectivity index (χ4v) is 3.73. The van der Waals surface area contributed by atoms with Gasteiger partial charge >= 0.3 is 0 Å². The van der Waals surface area contributed by atoms with Crippen LogP contribution < -0.4 is 0 Å². The Morgan fingerprint density at radius 3 is 2.67 bits per heavy atom. The number of imidazole rings is 1. The molecule has 1 unspecified atom stereocenters.